The Labute approximate surface area is 183 Å². The van der Waals surface area contributed by atoms with E-state index >= 15 is 0 Å². The fourth-order valence-corrected chi connectivity index (χ4v) is 3.70. The van der Waals surface area contributed by atoms with Crippen LogP contribution in [-0.2, 0) is 9.59 Å². The number of nitrogens with zero attached hydrogens (tertiary/aromatic N) is 1. The lowest BCUT2D eigenvalue weighted by molar-refractivity contribution is -0.120. The highest BCUT2D eigenvalue weighted by molar-refractivity contribution is 8.18. The van der Waals surface area contributed by atoms with E-state index in [-0.39, 0.29) is 12.5 Å². The quantitative estimate of drug-likeness (QED) is 0.631. The number of carbonyl (C=O) groups is 2. The van der Waals surface area contributed by atoms with E-state index in [4.69, 9.17) is 26.8 Å². The summed E-state index contributed by atoms with van der Waals surface area (Å²) in [5.41, 5.74) is 7.51. The topological polar surface area (TPSA) is 103 Å². The molecule has 7 nitrogen and oxygen atoms in total. The summed E-state index contributed by atoms with van der Waals surface area (Å²) in [7, 11) is 0. The lowest BCUT2D eigenvalue weighted by Gasteiger charge is -2.11. The predicted molar refractivity (Wildman–Crippen MR) is 119 cm³/mol. The van der Waals surface area contributed by atoms with Crippen LogP contribution in [0.1, 0.15) is 18.1 Å². The van der Waals surface area contributed by atoms with E-state index in [1.807, 2.05) is 19.9 Å². The maximum absolute atomic E-state index is 12.4. The number of carbonyl (C=O) groups excluding carboxylic acids is 2. The molecule has 3 rings (SSSR count). The number of amides is 2. The summed E-state index contributed by atoms with van der Waals surface area (Å²) >= 11 is 7.22. The summed E-state index contributed by atoms with van der Waals surface area (Å²) in [5, 5.41) is 3.89. The van der Waals surface area contributed by atoms with Gasteiger partial charge in [-0.1, -0.05) is 17.7 Å². The minimum Gasteiger partial charge on any atom is -0.490 e. The first-order valence-corrected chi connectivity index (χ1v) is 10.3. The molecular formula is C21H20ClN3O4S. The number of thioether (sulfide) groups is 1. The third-order valence-electron chi connectivity index (χ3n) is 3.97. The lowest BCUT2D eigenvalue weighted by Crippen LogP contribution is -2.20. The SMILES string of the molecule is CCOc1cc(/C=C2\SC(=Nc3ccc(Cl)cc3C)NC2=O)ccc1OCC(N)=O. The first kappa shape index (κ1) is 21.7. The van der Waals surface area contributed by atoms with E-state index in [2.05, 4.69) is 10.3 Å². The van der Waals surface area contributed by atoms with Crippen LogP contribution in [0.4, 0.5) is 5.69 Å². The molecular weight excluding hydrogens is 426 g/mol. The summed E-state index contributed by atoms with van der Waals surface area (Å²) in [5.74, 6) is 0.0479. The Kier molecular flexibility index (Phi) is 7.02. The van der Waals surface area contributed by atoms with Crippen LogP contribution in [0, 0.1) is 6.92 Å². The first-order valence-electron chi connectivity index (χ1n) is 9.09. The Morgan fingerprint density at radius 2 is 2.03 bits per heavy atom. The van der Waals surface area contributed by atoms with Crippen molar-refractivity contribution in [1.29, 1.82) is 0 Å². The maximum atomic E-state index is 12.4. The standard InChI is InChI=1S/C21H20ClN3O4S/c1-3-28-17-9-13(4-7-16(17)29-11-19(23)26)10-18-20(27)25-21(30-18)24-15-6-5-14(22)8-12(15)2/h4-10H,3,11H2,1-2H3,(H2,23,26)(H,24,25,27)/b18-10-. The third-order valence-corrected chi connectivity index (χ3v) is 5.11. The molecule has 3 N–H and O–H groups in total. The van der Waals surface area contributed by atoms with Crippen molar-refractivity contribution in [3.8, 4) is 11.5 Å². The molecule has 2 aromatic carbocycles. The molecule has 2 amide bonds. The lowest BCUT2D eigenvalue weighted by atomic mass is 10.2. The van der Waals surface area contributed by atoms with Crippen molar-refractivity contribution in [3.63, 3.8) is 0 Å². The third kappa shape index (κ3) is 5.55. The van der Waals surface area contributed by atoms with E-state index in [1.165, 1.54) is 11.8 Å². The van der Waals surface area contributed by atoms with Crippen molar-refractivity contribution in [3.05, 3.63) is 57.5 Å². The van der Waals surface area contributed by atoms with Gasteiger partial charge < -0.3 is 20.5 Å². The van der Waals surface area contributed by atoms with Gasteiger partial charge in [0.25, 0.3) is 11.8 Å². The largest absolute Gasteiger partial charge is 0.490 e. The molecule has 0 aromatic heterocycles. The zero-order chi connectivity index (χ0) is 21.7. The summed E-state index contributed by atoms with van der Waals surface area (Å²) in [6.45, 7) is 3.91. The number of primary amides is 1. The Bertz CT molecular complexity index is 1050. The first-order chi connectivity index (χ1) is 14.4. The number of ether oxygens (including phenoxy) is 2. The van der Waals surface area contributed by atoms with Crippen LogP contribution >= 0.6 is 23.4 Å². The molecule has 156 valence electrons. The molecule has 0 atom stereocenters. The number of nitrogens with two attached hydrogens (primary N) is 1. The number of aliphatic imine (C=N–C) groups is 1. The highest BCUT2D eigenvalue weighted by Gasteiger charge is 2.24. The highest BCUT2D eigenvalue weighted by Crippen LogP contribution is 2.33. The van der Waals surface area contributed by atoms with E-state index in [9.17, 15) is 9.59 Å². The number of nitrogens with one attached hydrogen (secondary N) is 1. The van der Waals surface area contributed by atoms with Crippen molar-refractivity contribution >= 4 is 52.1 Å². The Hall–Kier alpha value is -2.97. The van der Waals surface area contributed by atoms with Gasteiger partial charge in [0.15, 0.2) is 23.3 Å². The van der Waals surface area contributed by atoms with Gasteiger partial charge in [-0.25, -0.2) is 4.99 Å². The predicted octanol–water partition coefficient (Wildman–Crippen LogP) is 3.80. The fraction of sp³-hybridized carbons (Fsp3) is 0.190. The van der Waals surface area contributed by atoms with Crippen LogP contribution < -0.4 is 20.5 Å². The van der Waals surface area contributed by atoms with Gasteiger partial charge in [0.2, 0.25) is 0 Å². The molecule has 1 fully saturated rings. The summed E-state index contributed by atoms with van der Waals surface area (Å²) in [6.07, 6.45) is 1.73. The molecule has 2 aromatic rings. The van der Waals surface area contributed by atoms with Crippen LogP contribution in [0.15, 0.2) is 46.3 Å². The molecule has 1 aliphatic rings. The second kappa shape index (κ2) is 9.69. The molecule has 0 spiro atoms. The second-order valence-corrected chi connectivity index (χ2v) is 7.77. The Morgan fingerprint density at radius 1 is 1.23 bits per heavy atom. The van der Waals surface area contributed by atoms with Gasteiger partial charge >= 0.3 is 0 Å². The normalized spacial score (nSPS) is 16.0. The highest BCUT2D eigenvalue weighted by atomic mass is 35.5. The monoisotopic (exact) mass is 445 g/mol. The number of hydrogen-bond acceptors (Lipinski definition) is 6. The zero-order valence-corrected chi connectivity index (χ0v) is 18.0. The van der Waals surface area contributed by atoms with Crippen molar-refractivity contribution in [2.75, 3.05) is 13.2 Å². The molecule has 0 saturated carbocycles. The number of aryl methyl sites for hydroxylation is 1. The molecule has 0 bridgehead atoms. The van der Waals surface area contributed by atoms with E-state index in [0.717, 1.165) is 16.8 Å². The summed E-state index contributed by atoms with van der Waals surface area (Å²) in [4.78, 5) is 28.3. The van der Waals surface area contributed by atoms with Gasteiger partial charge in [-0.2, -0.15) is 0 Å². The molecule has 0 aliphatic carbocycles. The van der Waals surface area contributed by atoms with Crippen molar-refractivity contribution < 1.29 is 19.1 Å². The average molecular weight is 446 g/mol. The fourth-order valence-electron chi connectivity index (χ4n) is 2.64. The van der Waals surface area contributed by atoms with Gasteiger partial charge in [-0.15, -0.1) is 0 Å². The number of benzene rings is 2. The summed E-state index contributed by atoms with van der Waals surface area (Å²) in [6, 6.07) is 10.5. The van der Waals surface area contributed by atoms with E-state index in [0.29, 0.717) is 33.2 Å². The van der Waals surface area contributed by atoms with Crippen LogP contribution in [0.25, 0.3) is 6.08 Å². The van der Waals surface area contributed by atoms with Crippen LogP contribution in [0.3, 0.4) is 0 Å². The van der Waals surface area contributed by atoms with Crippen molar-refractivity contribution in [2.24, 2.45) is 10.7 Å². The number of halogens is 1. The van der Waals surface area contributed by atoms with Crippen LogP contribution in [0.2, 0.25) is 5.02 Å². The van der Waals surface area contributed by atoms with Gasteiger partial charge in [0, 0.05) is 5.02 Å². The number of rotatable bonds is 7. The number of amidine groups is 1. The van der Waals surface area contributed by atoms with Gasteiger partial charge in [0.1, 0.15) is 0 Å². The zero-order valence-electron chi connectivity index (χ0n) is 16.4. The summed E-state index contributed by atoms with van der Waals surface area (Å²) < 4.78 is 10.9. The molecule has 9 heteroatoms. The molecule has 30 heavy (non-hydrogen) atoms. The van der Waals surface area contributed by atoms with Gasteiger partial charge in [0.05, 0.1) is 17.2 Å². The van der Waals surface area contributed by atoms with Gasteiger partial charge in [-0.05, 0) is 73.1 Å². The van der Waals surface area contributed by atoms with Gasteiger partial charge in [-0.3, -0.25) is 9.59 Å². The molecule has 1 aliphatic heterocycles. The van der Waals surface area contributed by atoms with Crippen LogP contribution in [-0.4, -0.2) is 30.2 Å². The smallest absolute Gasteiger partial charge is 0.264 e. The molecule has 0 radical (unpaired) electrons. The second-order valence-electron chi connectivity index (χ2n) is 6.31. The van der Waals surface area contributed by atoms with Crippen LogP contribution in [0.5, 0.6) is 11.5 Å². The van der Waals surface area contributed by atoms with Crippen molar-refractivity contribution in [1.82, 2.24) is 5.32 Å². The Morgan fingerprint density at radius 3 is 2.73 bits per heavy atom. The van der Waals surface area contributed by atoms with E-state index in [1.54, 1.807) is 36.4 Å². The number of hydrogen-bond donors (Lipinski definition) is 2. The Balaban J connectivity index is 1.82. The maximum Gasteiger partial charge on any atom is 0.264 e. The van der Waals surface area contributed by atoms with E-state index < -0.39 is 5.91 Å². The van der Waals surface area contributed by atoms with Crippen molar-refractivity contribution in [2.45, 2.75) is 13.8 Å². The minimum absolute atomic E-state index is 0.239. The molecule has 0 unspecified atom stereocenters. The average Bonchev–Trinajstić information content (AvgIpc) is 3.02. The minimum atomic E-state index is -0.578. The molecule has 1 saturated heterocycles. The molecule has 1 heterocycles.